The minimum absolute atomic E-state index is 0.343. The predicted octanol–water partition coefficient (Wildman–Crippen LogP) is -0.205. The molecule has 6 heteroatoms. The van der Waals surface area contributed by atoms with E-state index >= 15 is 0 Å². The Labute approximate surface area is 88.0 Å². The van der Waals surface area contributed by atoms with E-state index in [1.807, 2.05) is 0 Å². The third-order valence-corrected chi connectivity index (χ3v) is 2.29. The summed E-state index contributed by atoms with van der Waals surface area (Å²) in [5.74, 6) is -0.703. The minimum Gasteiger partial charge on any atom is -0.480 e. The van der Waals surface area contributed by atoms with Crippen molar-refractivity contribution in [2.24, 2.45) is 5.92 Å². The van der Waals surface area contributed by atoms with Gasteiger partial charge in [0.05, 0.1) is 6.61 Å². The van der Waals surface area contributed by atoms with Crippen LogP contribution in [0.1, 0.15) is 13.3 Å². The van der Waals surface area contributed by atoms with Gasteiger partial charge in [-0.2, -0.15) is 0 Å². The van der Waals surface area contributed by atoms with E-state index in [2.05, 4.69) is 10.6 Å². The lowest BCUT2D eigenvalue weighted by molar-refractivity contribution is -0.138. The number of rotatable bonds is 4. The molecule has 0 spiro atoms. The van der Waals surface area contributed by atoms with E-state index in [4.69, 9.17) is 9.84 Å². The average molecular weight is 216 g/mol. The Balaban J connectivity index is 2.15. The van der Waals surface area contributed by atoms with Crippen LogP contribution in [0.2, 0.25) is 0 Å². The molecule has 1 saturated heterocycles. The molecule has 0 aromatic carbocycles. The van der Waals surface area contributed by atoms with Gasteiger partial charge in [-0.15, -0.1) is 0 Å². The van der Waals surface area contributed by atoms with Gasteiger partial charge in [0.15, 0.2) is 0 Å². The van der Waals surface area contributed by atoms with E-state index < -0.39 is 18.0 Å². The highest BCUT2D eigenvalue weighted by Crippen LogP contribution is 2.10. The van der Waals surface area contributed by atoms with Crippen LogP contribution >= 0.6 is 0 Å². The summed E-state index contributed by atoms with van der Waals surface area (Å²) in [6.07, 6.45) is 0.939. The Morgan fingerprint density at radius 2 is 2.33 bits per heavy atom. The number of carboxylic acid groups (broad SMARTS) is 1. The maximum atomic E-state index is 11.2. The fourth-order valence-electron chi connectivity index (χ4n) is 1.29. The lowest BCUT2D eigenvalue weighted by Crippen LogP contribution is -2.45. The average Bonchev–Trinajstić information content (AvgIpc) is 2.66. The molecule has 1 rings (SSSR count). The largest absolute Gasteiger partial charge is 0.480 e. The summed E-state index contributed by atoms with van der Waals surface area (Å²) in [6, 6.07) is -1.32. The predicted molar refractivity (Wildman–Crippen MR) is 52.6 cm³/mol. The van der Waals surface area contributed by atoms with E-state index in [1.165, 1.54) is 6.92 Å². The van der Waals surface area contributed by atoms with Crippen molar-refractivity contribution in [2.45, 2.75) is 19.4 Å². The molecule has 3 N–H and O–H groups in total. The van der Waals surface area contributed by atoms with Gasteiger partial charge in [-0.05, 0) is 13.3 Å². The van der Waals surface area contributed by atoms with Crippen molar-refractivity contribution in [3.05, 3.63) is 0 Å². The molecule has 0 saturated carbocycles. The first-order valence-corrected chi connectivity index (χ1v) is 4.94. The van der Waals surface area contributed by atoms with Crippen molar-refractivity contribution >= 4 is 12.0 Å². The van der Waals surface area contributed by atoms with Gasteiger partial charge in [-0.1, -0.05) is 0 Å². The second kappa shape index (κ2) is 5.55. The molecule has 1 heterocycles. The maximum Gasteiger partial charge on any atom is 0.325 e. The van der Waals surface area contributed by atoms with Crippen molar-refractivity contribution in [3.8, 4) is 0 Å². The van der Waals surface area contributed by atoms with E-state index in [1.54, 1.807) is 0 Å². The van der Waals surface area contributed by atoms with Crippen molar-refractivity contribution in [2.75, 3.05) is 19.8 Å². The minimum atomic E-state index is -1.05. The van der Waals surface area contributed by atoms with Crippen LogP contribution in [0.4, 0.5) is 4.79 Å². The summed E-state index contributed by atoms with van der Waals surface area (Å²) < 4.78 is 5.14. The summed E-state index contributed by atoms with van der Waals surface area (Å²) >= 11 is 0. The highest BCUT2D eigenvalue weighted by atomic mass is 16.5. The zero-order valence-electron chi connectivity index (χ0n) is 8.66. The summed E-state index contributed by atoms with van der Waals surface area (Å²) in [6.45, 7) is 3.34. The Morgan fingerprint density at radius 1 is 1.60 bits per heavy atom. The molecule has 1 unspecified atom stereocenters. The molecule has 2 amide bonds. The molecule has 86 valence electrons. The third-order valence-electron chi connectivity index (χ3n) is 2.29. The molecule has 15 heavy (non-hydrogen) atoms. The third kappa shape index (κ3) is 4.16. The van der Waals surface area contributed by atoms with Gasteiger partial charge in [0.2, 0.25) is 0 Å². The van der Waals surface area contributed by atoms with E-state index in [-0.39, 0.29) is 0 Å². The first kappa shape index (κ1) is 11.8. The Hall–Kier alpha value is -1.30. The van der Waals surface area contributed by atoms with Crippen molar-refractivity contribution in [1.82, 2.24) is 10.6 Å². The first-order chi connectivity index (χ1) is 7.09. The van der Waals surface area contributed by atoms with Crippen LogP contribution in [0.25, 0.3) is 0 Å². The van der Waals surface area contributed by atoms with Gasteiger partial charge in [-0.25, -0.2) is 4.79 Å². The van der Waals surface area contributed by atoms with Gasteiger partial charge >= 0.3 is 12.0 Å². The molecule has 0 aromatic heterocycles. The molecule has 0 aromatic rings. The second-order valence-corrected chi connectivity index (χ2v) is 3.64. The number of carbonyl (C=O) groups excluding carboxylic acids is 1. The number of hydrogen-bond donors (Lipinski definition) is 3. The lowest BCUT2D eigenvalue weighted by atomic mass is 10.1. The summed E-state index contributed by atoms with van der Waals surface area (Å²) in [7, 11) is 0. The van der Waals surface area contributed by atoms with Gasteiger partial charge in [-0.3, -0.25) is 4.79 Å². The van der Waals surface area contributed by atoms with Gasteiger partial charge in [0.1, 0.15) is 6.04 Å². The number of urea groups is 1. The summed E-state index contributed by atoms with van der Waals surface area (Å²) in [5.41, 5.74) is 0. The van der Waals surface area contributed by atoms with Crippen LogP contribution in [-0.4, -0.2) is 42.9 Å². The van der Waals surface area contributed by atoms with Crippen molar-refractivity contribution in [3.63, 3.8) is 0 Å². The van der Waals surface area contributed by atoms with Crippen LogP contribution in [0, 0.1) is 5.92 Å². The number of aliphatic carboxylic acids is 1. The molecular formula is C9H16N2O4. The number of carbonyl (C=O) groups is 2. The fourth-order valence-corrected chi connectivity index (χ4v) is 1.29. The molecule has 6 nitrogen and oxygen atoms in total. The normalized spacial score (nSPS) is 22.1. The first-order valence-electron chi connectivity index (χ1n) is 4.94. The highest BCUT2D eigenvalue weighted by Gasteiger charge is 2.18. The van der Waals surface area contributed by atoms with Gasteiger partial charge < -0.3 is 20.5 Å². The van der Waals surface area contributed by atoms with Gasteiger partial charge in [0, 0.05) is 19.1 Å². The molecule has 1 fully saturated rings. The molecule has 2 atom stereocenters. The number of carboxylic acids is 1. The van der Waals surface area contributed by atoms with E-state index in [0.717, 1.165) is 13.0 Å². The zero-order chi connectivity index (χ0) is 11.3. The Morgan fingerprint density at radius 3 is 2.87 bits per heavy atom. The molecule has 0 bridgehead atoms. The van der Waals surface area contributed by atoms with Gasteiger partial charge in [0.25, 0.3) is 0 Å². The quantitative estimate of drug-likeness (QED) is 0.607. The Kier molecular flexibility index (Phi) is 4.36. The molecule has 1 aliphatic heterocycles. The maximum absolute atomic E-state index is 11.2. The van der Waals surface area contributed by atoms with E-state index in [9.17, 15) is 9.59 Å². The number of ether oxygens (including phenoxy) is 1. The second-order valence-electron chi connectivity index (χ2n) is 3.64. The van der Waals surface area contributed by atoms with Crippen molar-refractivity contribution in [1.29, 1.82) is 0 Å². The van der Waals surface area contributed by atoms with Crippen LogP contribution in [0.3, 0.4) is 0 Å². The monoisotopic (exact) mass is 216 g/mol. The molecule has 0 aliphatic carbocycles. The van der Waals surface area contributed by atoms with Crippen LogP contribution in [0.15, 0.2) is 0 Å². The topological polar surface area (TPSA) is 87.7 Å². The number of nitrogens with one attached hydrogen (secondary N) is 2. The smallest absolute Gasteiger partial charge is 0.325 e. The van der Waals surface area contributed by atoms with Crippen molar-refractivity contribution < 1.29 is 19.4 Å². The molecular weight excluding hydrogens is 200 g/mol. The zero-order valence-corrected chi connectivity index (χ0v) is 8.66. The lowest BCUT2D eigenvalue weighted by Gasteiger charge is -2.12. The Bertz CT molecular complexity index is 238. The van der Waals surface area contributed by atoms with Crippen LogP contribution in [-0.2, 0) is 9.53 Å². The van der Waals surface area contributed by atoms with E-state index in [0.29, 0.717) is 19.1 Å². The number of hydrogen-bond acceptors (Lipinski definition) is 3. The molecule has 1 aliphatic rings. The number of amides is 2. The van der Waals surface area contributed by atoms with Crippen LogP contribution in [0.5, 0.6) is 0 Å². The molecule has 0 radical (unpaired) electrons. The fraction of sp³-hybridized carbons (Fsp3) is 0.778. The summed E-state index contributed by atoms with van der Waals surface area (Å²) in [5, 5.41) is 13.5. The highest BCUT2D eigenvalue weighted by molar-refractivity contribution is 5.82. The standard InChI is InChI=1S/C9H16N2O4/c1-6(8(12)13)11-9(14)10-4-7-2-3-15-5-7/h6-7H,2-5H2,1H3,(H,12,13)(H2,10,11,14)/t6-,7?/m1/s1. The SMILES string of the molecule is C[C@@H](NC(=O)NCC1CCOC1)C(=O)O. The van der Waals surface area contributed by atoms with Crippen LogP contribution < -0.4 is 10.6 Å². The summed E-state index contributed by atoms with van der Waals surface area (Å²) in [4.78, 5) is 21.6.